The summed E-state index contributed by atoms with van der Waals surface area (Å²) in [4.78, 5) is 4.39. The standard InChI is InChI=1S/C12H12ClN3/c13-11-2-1-3-12-10(11)4-5-16(12)7-9-6-14-8-15-9/h1-5,14H,6-8H2. The zero-order valence-electron chi connectivity index (χ0n) is 8.78. The van der Waals surface area contributed by atoms with Crippen LogP contribution in [0.2, 0.25) is 5.02 Å². The van der Waals surface area contributed by atoms with Crippen LogP contribution in [0, 0.1) is 0 Å². The topological polar surface area (TPSA) is 29.3 Å². The van der Waals surface area contributed by atoms with Crippen LogP contribution in [0.5, 0.6) is 0 Å². The number of fused-ring (bicyclic) bond motifs is 1. The fourth-order valence-electron chi connectivity index (χ4n) is 2.05. The van der Waals surface area contributed by atoms with Crippen molar-refractivity contribution in [1.29, 1.82) is 0 Å². The van der Waals surface area contributed by atoms with Gasteiger partial charge in [0, 0.05) is 34.4 Å². The maximum Gasteiger partial charge on any atom is 0.0888 e. The van der Waals surface area contributed by atoms with Crippen LogP contribution in [0.4, 0.5) is 0 Å². The summed E-state index contributed by atoms with van der Waals surface area (Å²) in [6.07, 6.45) is 2.07. The maximum atomic E-state index is 6.13. The molecule has 0 radical (unpaired) electrons. The average molecular weight is 234 g/mol. The molecule has 3 rings (SSSR count). The van der Waals surface area contributed by atoms with Gasteiger partial charge in [-0.25, -0.2) is 0 Å². The molecule has 1 aromatic carbocycles. The van der Waals surface area contributed by atoms with Gasteiger partial charge in [0.05, 0.1) is 13.2 Å². The number of nitrogens with zero attached hydrogens (tertiary/aromatic N) is 2. The van der Waals surface area contributed by atoms with Gasteiger partial charge in [-0.15, -0.1) is 0 Å². The molecular formula is C12H12ClN3. The summed E-state index contributed by atoms with van der Waals surface area (Å²) >= 11 is 6.13. The molecule has 1 N–H and O–H groups in total. The van der Waals surface area contributed by atoms with Crippen molar-refractivity contribution in [2.75, 3.05) is 13.2 Å². The second-order valence-electron chi connectivity index (χ2n) is 3.93. The van der Waals surface area contributed by atoms with Crippen molar-refractivity contribution in [3.8, 4) is 0 Å². The van der Waals surface area contributed by atoms with Gasteiger partial charge in [-0.2, -0.15) is 0 Å². The summed E-state index contributed by atoms with van der Waals surface area (Å²) in [6, 6.07) is 8.05. The molecule has 4 heteroatoms. The van der Waals surface area contributed by atoms with Crippen LogP contribution in [0.15, 0.2) is 35.5 Å². The van der Waals surface area contributed by atoms with Gasteiger partial charge < -0.3 is 4.57 Å². The van der Waals surface area contributed by atoms with E-state index in [0.29, 0.717) is 0 Å². The van der Waals surface area contributed by atoms with Crippen LogP contribution >= 0.6 is 11.6 Å². The first-order chi connectivity index (χ1) is 7.84. The number of rotatable bonds is 2. The van der Waals surface area contributed by atoms with E-state index in [-0.39, 0.29) is 0 Å². The molecule has 1 aromatic heterocycles. The fraction of sp³-hybridized carbons (Fsp3) is 0.250. The van der Waals surface area contributed by atoms with E-state index in [0.717, 1.165) is 30.2 Å². The highest BCUT2D eigenvalue weighted by Gasteiger charge is 2.09. The molecule has 2 heterocycles. The van der Waals surface area contributed by atoms with Crippen LogP contribution in [0.1, 0.15) is 0 Å². The third-order valence-corrected chi connectivity index (χ3v) is 3.19. The number of benzene rings is 1. The lowest BCUT2D eigenvalue weighted by Gasteiger charge is -2.05. The molecule has 0 saturated carbocycles. The highest BCUT2D eigenvalue weighted by Crippen LogP contribution is 2.24. The Hall–Kier alpha value is -1.32. The second kappa shape index (κ2) is 3.92. The Kier molecular flexibility index (Phi) is 2.42. The van der Waals surface area contributed by atoms with Crippen LogP contribution in [-0.4, -0.2) is 23.5 Å². The maximum absolute atomic E-state index is 6.13. The van der Waals surface area contributed by atoms with Crippen molar-refractivity contribution in [2.24, 2.45) is 4.99 Å². The average Bonchev–Trinajstić information content (AvgIpc) is 2.90. The van der Waals surface area contributed by atoms with E-state index >= 15 is 0 Å². The number of aliphatic imine (C=N–C) groups is 1. The molecule has 0 atom stereocenters. The van der Waals surface area contributed by atoms with Crippen LogP contribution in [0.25, 0.3) is 10.9 Å². The summed E-state index contributed by atoms with van der Waals surface area (Å²) in [5, 5.41) is 5.12. The first-order valence-electron chi connectivity index (χ1n) is 5.31. The Morgan fingerprint density at radius 3 is 3.12 bits per heavy atom. The predicted molar refractivity (Wildman–Crippen MR) is 67.3 cm³/mol. The zero-order chi connectivity index (χ0) is 11.0. The number of hydrogen-bond donors (Lipinski definition) is 1. The summed E-state index contributed by atoms with van der Waals surface area (Å²) < 4.78 is 2.19. The van der Waals surface area contributed by atoms with E-state index in [4.69, 9.17) is 11.6 Å². The predicted octanol–water partition coefficient (Wildman–Crippen LogP) is 2.30. The van der Waals surface area contributed by atoms with Gasteiger partial charge in [0.15, 0.2) is 0 Å². The van der Waals surface area contributed by atoms with Gasteiger partial charge >= 0.3 is 0 Å². The molecule has 82 valence electrons. The first-order valence-corrected chi connectivity index (χ1v) is 5.69. The van der Waals surface area contributed by atoms with Crippen LogP contribution in [-0.2, 0) is 6.54 Å². The van der Waals surface area contributed by atoms with E-state index in [1.165, 1.54) is 11.2 Å². The molecule has 16 heavy (non-hydrogen) atoms. The largest absolute Gasteiger partial charge is 0.342 e. The monoisotopic (exact) mass is 233 g/mol. The molecule has 0 fully saturated rings. The molecule has 0 bridgehead atoms. The van der Waals surface area contributed by atoms with Crippen LogP contribution in [0.3, 0.4) is 0 Å². The van der Waals surface area contributed by atoms with E-state index < -0.39 is 0 Å². The summed E-state index contributed by atoms with van der Waals surface area (Å²) in [7, 11) is 0. The molecule has 1 aliphatic rings. The lowest BCUT2D eigenvalue weighted by atomic mass is 10.2. The van der Waals surface area contributed by atoms with Gasteiger partial charge in [0.25, 0.3) is 0 Å². The third-order valence-electron chi connectivity index (χ3n) is 2.86. The Morgan fingerprint density at radius 2 is 2.31 bits per heavy atom. The van der Waals surface area contributed by atoms with Gasteiger partial charge in [-0.05, 0) is 18.2 Å². The second-order valence-corrected chi connectivity index (χ2v) is 4.33. The molecule has 2 aromatic rings. The Morgan fingerprint density at radius 1 is 1.38 bits per heavy atom. The molecule has 0 spiro atoms. The van der Waals surface area contributed by atoms with Gasteiger partial charge in [-0.3, -0.25) is 10.3 Å². The minimum absolute atomic E-state index is 0.745. The minimum Gasteiger partial charge on any atom is -0.342 e. The molecule has 1 aliphatic heterocycles. The molecule has 0 saturated heterocycles. The molecule has 0 amide bonds. The first kappa shape index (κ1) is 9.87. The Labute approximate surface area is 98.7 Å². The number of halogens is 1. The van der Waals surface area contributed by atoms with E-state index in [9.17, 15) is 0 Å². The molecule has 0 aliphatic carbocycles. The molecular weight excluding hydrogens is 222 g/mol. The van der Waals surface area contributed by atoms with Crippen molar-refractivity contribution in [1.82, 2.24) is 9.88 Å². The van der Waals surface area contributed by atoms with Crippen LogP contribution < -0.4 is 5.32 Å². The highest BCUT2D eigenvalue weighted by atomic mass is 35.5. The molecule has 0 unspecified atom stereocenters. The summed E-state index contributed by atoms with van der Waals surface area (Å²) in [5.74, 6) is 0. The zero-order valence-corrected chi connectivity index (χ0v) is 9.54. The lowest BCUT2D eigenvalue weighted by molar-refractivity contribution is 0.841. The Bertz CT molecular complexity index is 556. The van der Waals surface area contributed by atoms with Crippen molar-refractivity contribution in [2.45, 2.75) is 6.54 Å². The molecule has 3 nitrogen and oxygen atoms in total. The fourth-order valence-corrected chi connectivity index (χ4v) is 2.28. The van der Waals surface area contributed by atoms with Crippen molar-refractivity contribution in [3.63, 3.8) is 0 Å². The summed E-state index contributed by atoms with van der Waals surface area (Å²) in [5.41, 5.74) is 2.36. The number of aromatic nitrogens is 1. The number of nitrogens with one attached hydrogen (secondary N) is 1. The SMILES string of the molecule is Clc1cccc2c1ccn2CC1=NCNC1. The van der Waals surface area contributed by atoms with E-state index in [1.54, 1.807) is 0 Å². The Balaban J connectivity index is 2.01. The van der Waals surface area contributed by atoms with Gasteiger partial charge in [0.2, 0.25) is 0 Å². The van der Waals surface area contributed by atoms with E-state index in [1.807, 2.05) is 12.1 Å². The number of hydrogen-bond acceptors (Lipinski definition) is 2. The lowest BCUT2D eigenvalue weighted by Crippen LogP contribution is -2.17. The normalized spacial score (nSPS) is 15.7. The summed E-state index contributed by atoms with van der Waals surface area (Å²) in [6.45, 7) is 2.48. The van der Waals surface area contributed by atoms with E-state index in [2.05, 4.69) is 33.2 Å². The third kappa shape index (κ3) is 1.62. The smallest absolute Gasteiger partial charge is 0.0888 e. The van der Waals surface area contributed by atoms with Crippen molar-refractivity contribution < 1.29 is 0 Å². The van der Waals surface area contributed by atoms with Crippen molar-refractivity contribution >= 4 is 28.2 Å². The minimum atomic E-state index is 0.745. The van der Waals surface area contributed by atoms with Crippen molar-refractivity contribution in [3.05, 3.63) is 35.5 Å². The van der Waals surface area contributed by atoms with Gasteiger partial charge in [0.1, 0.15) is 0 Å². The highest BCUT2D eigenvalue weighted by molar-refractivity contribution is 6.35. The van der Waals surface area contributed by atoms with Gasteiger partial charge in [-0.1, -0.05) is 17.7 Å². The quantitative estimate of drug-likeness (QED) is 0.848.